The molecular formula is C26H40N3O7P. The van der Waals surface area contributed by atoms with Gasteiger partial charge >= 0.3 is 0 Å². The highest BCUT2D eigenvalue weighted by Crippen LogP contribution is 2.50. The first-order chi connectivity index (χ1) is 17.3. The number of imide groups is 1. The van der Waals surface area contributed by atoms with E-state index in [1.54, 1.807) is 19.1 Å². The molecule has 0 aromatic heterocycles. The Morgan fingerprint density at radius 2 is 1.57 bits per heavy atom. The minimum atomic E-state index is -3.68. The molecule has 206 valence electrons. The van der Waals surface area contributed by atoms with Crippen molar-refractivity contribution in [1.29, 1.82) is 0 Å². The summed E-state index contributed by atoms with van der Waals surface area (Å²) in [7, 11) is 0.488. The van der Waals surface area contributed by atoms with E-state index in [0.717, 1.165) is 4.90 Å². The van der Waals surface area contributed by atoms with Crippen LogP contribution in [0.5, 0.6) is 5.75 Å². The van der Waals surface area contributed by atoms with E-state index in [1.807, 2.05) is 27.7 Å². The predicted octanol–water partition coefficient (Wildman–Crippen LogP) is 3.42. The van der Waals surface area contributed by atoms with E-state index >= 15 is 0 Å². The molecule has 10 nitrogen and oxygen atoms in total. The van der Waals surface area contributed by atoms with Crippen molar-refractivity contribution in [2.24, 2.45) is 17.8 Å². The molecule has 1 heterocycles. The molecule has 0 fully saturated rings. The molecule has 37 heavy (non-hydrogen) atoms. The molecule has 0 radical (unpaired) electrons. The average molecular weight is 538 g/mol. The molecule has 0 spiro atoms. The first kappa shape index (κ1) is 30.5. The number of carbonyl (C=O) groups is 4. The normalized spacial score (nSPS) is 16.4. The number of hydrogen-bond donors (Lipinski definition) is 2. The zero-order valence-corrected chi connectivity index (χ0v) is 23.9. The van der Waals surface area contributed by atoms with Crippen molar-refractivity contribution in [3.05, 3.63) is 28.8 Å². The van der Waals surface area contributed by atoms with Gasteiger partial charge in [-0.05, 0) is 43.2 Å². The summed E-state index contributed by atoms with van der Waals surface area (Å²) in [5.41, 5.74) is 0.950. The summed E-state index contributed by atoms with van der Waals surface area (Å²) in [4.78, 5) is 53.0. The number of aryl methyl sites for hydroxylation is 1. The van der Waals surface area contributed by atoms with Crippen LogP contribution < -0.4 is 15.4 Å². The SMILES string of the molecule is CNC(=O)[C@H](CC(C)C)NC(=O)[C@H](CC(C)C)CP(=O)(CN1C(=O)c2c(C)ccc(OC)c2C1=O)OC. The quantitative estimate of drug-likeness (QED) is 0.291. The number of carbonyl (C=O) groups excluding carboxylic acids is 4. The summed E-state index contributed by atoms with van der Waals surface area (Å²) >= 11 is 0. The Kier molecular flexibility index (Phi) is 10.5. The molecule has 1 aromatic rings. The van der Waals surface area contributed by atoms with Gasteiger partial charge in [-0.1, -0.05) is 33.8 Å². The van der Waals surface area contributed by atoms with Crippen molar-refractivity contribution < 1.29 is 33.0 Å². The highest BCUT2D eigenvalue weighted by Gasteiger charge is 2.44. The van der Waals surface area contributed by atoms with Crippen molar-refractivity contribution in [1.82, 2.24) is 15.5 Å². The van der Waals surface area contributed by atoms with Gasteiger partial charge < -0.3 is 19.9 Å². The molecule has 11 heteroatoms. The number of nitrogens with zero attached hydrogens (tertiary/aromatic N) is 1. The van der Waals surface area contributed by atoms with Crippen LogP contribution in [0.25, 0.3) is 0 Å². The number of benzene rings is 1. The molecule has 1 aliphatic rings. The first-order valence-electron chi connectivity index (χ1n) is 12.5. The Morgan fingerprint density at radius 3 is 2.08 bits per heavy atom. The molecule has 1 unspecified atom stereocenters. The fraction of sp³-hybridized carbons (Fsp3) is 0.615. The lowest BCUT2D eigenvalue weighted by Crippen LogP contribution is -2.49. The van der Waals surface area contributed by atoms with Crippen molar-refractivity contribution in [2.45, 2.75) is 53.5 Å². The van der Waals surface area contributed by atoms with E-state index in [-0.39, 0.29) is 40.8 Å². The van der Waals surface area contributed by atoms with Gasteiger partial charge in [-0.2, -0.15) is 0 Å². The van der Waals surface area contributed by atoms with Crippen molar-refractivity contribution in [2.75, 3.05) is 33.7 Å². The van der Waals surface area contributed by atoms with Gasteiger partial charge in [0.15, 0.2) is 0 Å². The standard InChI is InChI=1S/C26H40N3O7P/c1-15(2)11-18(23(30)28-19(12-16(3)4)24(31)27-6)13-37(34,36-8)14-29-25(32)21-17(5)9-10-20(35-7)22(21)26(29)33/h9-10,15-16,18-19H,11-14H2,1-8H3,(H,27,31)(H,28,30)/t18-,19+,37?/m1/s1. The third-order valence-electron chi connectivity index (χ3n) is 6.41. The van der Waals surface area contributed by atoms with Crippen LogP contribution in [0.1, 0.15) is 66.8 Å². The monoisotopic (exact) mass is 537 g/mol. The molecule has 0 saturated carbocycles. The zero-order chi connectivity index (χ0) is 28.1. The van der Waals surface area contributed by atoms with Crippen molar-refractivity contribution in [3.8, 4) is 5.75 Å². The molecule has 1 aromatic carbocycles. The second kappa shape index (κ2) is 12.7. The van der Waals surface area contributed by atoms with Gasteiger partial charge in [0.1, 0.15) is 18.1 Å². The van der Waals surface area contributed by atoms with E-state index in [0.29, 0.717) is 18.4 Å². The highest BCUT2D eigenvalue weighted by atomic mass is 31.2. The van der Waals surface area contributed by atoms with Crippen LogP contribution in [-0.4, -0.2) is 68.3 Å². The zero-order valence-electron chi connectivity index (χ0n) is 23.0. The Morgan fingerprint density at radius 1 is 0.973 bits per heavy atom. The number of nitrogens with one attached hydrogen (secondary N) is 2. The molecule has 0 bridgehead atoms. The minimum Gasteiger partial charge on any atom is -0.496 e. The molecule has 0 saturated heterocycles. The minimum absolute atomic E-state index is 0.0795. The van der Waals surface area contributed by atoms with Crippen LogP contribution in [-0.2, 0) is 18.7 Å². The van der Waals surface area contributed by atoms with E-state index < -0.39 is 43.3 Å². The fourth-order valence-corrected chi connectivity index (χ4v) is 6.63. The summed E-state index contributed by atoms with van der Waals surface area (Å²) in [6.07, 6.45) is 0.179. The first-order valence-corrected chi connectivity index (χ1v) is 14.5. The molecular weight excluding hydrogens is 497 g/mol. The largest absolute Gasteiger partial charge is 0.496 e. The number of fused-ring (bicyclic) bond motifs is 1. The Bertz CT molecular complexity index is 1090. The second-order valence-corrected chi connectivity index (χ2v) is 13.0. The van der Waals surface area contributed by atoms with Crippen molar-refractivity contribution >= 4 is 31.0 Å². The lowest BCUT2D eigenvalue weighted by atomic mass is 9.96. The summed E-state index contributed by atoms with van der Waals surface area (Å²) < 4.78 is 24.6. The topological polar surface area (TPSA) is 131 Å². The van der Waals surface area contributed by atoms with Gasteiger partial charge in [-0.15, -0.1) is 0 Å². The van der Waals surface area contributed by atoms with Crippen LogP contribution in [0, 0.1) is 24.7 Å². The maximum absolute atomic E-state index is 13.9. The lowest BCUT2D eigenvalue weighted by molar-refractivity contribution is -0.131. The number of likely N-dealkylation sites (N-methyl/N-ethyl adjacent to an activating group) is 1. The maximum Gasteiger partial charge on any atom is 0.265 e. The summed E-state index contributed by atoms with van der Waals surface area (Å²) in [6.45, 7) is 9.48. The van der Waals surface area contributed by atoms with E-state index in [4.69, 9.17) is 9.26 Å². The van der Waals surface area contributed by atoms with Crippen LogP contribution in [0.3, 0.4) is 0 Å². The Balaban J connectivity index is 2.32. The average Bonchev–Trinajstić information content (AvgIpc) is 3.08. The Labute approximate surface area is 219 Å². The van der Waals surface area contributed by atoms with E-state index in [9.17, 15) is 23.7 Å². The van der Waals surface area contributed by atoms with Crippen LogP contribution in [0.15, 0.2) is 12.1 Å². The molecule has 1 aliphatic heterocycles. The van der Waals surface area contributed by atoms with Gasteiger partial charge in [-0.25, -0.2) is 0 Å². The fourth-order valence-electron chi connectivity index (χ4n) is 4.58. The van der Waals surface area contributed by atoms with Gasteiger partial charge in [0.2, 0.25) is 19.2 Å². The third kappa shape index (κ3) is 7.20. The van der Waals surface area contributed by atoms with Crippen LogP contribution >= 0.6 is 7.37 Å². The molecule has 3 atom stereocenters. The maximum atomic E-state index is 13.9. The van der Waals surface area contributed by atoms with E-state index in [1.165, 1.54) is 21.3 Å². The summed E-state index contributed by atoms with van der Waals surface area (Å²) in [6, 6.07) is 2.56. The summed E-state index contributed by atoms with van der Waals surface area (Å²) in [5.74, 6) is -2.17. The number of rotatable bonds is 13. The molecule has 0 aliphatic carbocycles. The number of hydrogen-bond acceptors (Lipinski definition) is 7. The molecule has 2 rings (SSSR count). The van der Waals surface area contributed by atoms with Gasteiger partial charge in [0, 0.05) is 26.2 Å². The smallest absolute Gasteiger partial charge is 0.265 e. The highest BCUT2D eigenvalue weighted by molar-refractivity contribution is 7.59. The number of methoxy groups -OCH3 is 1. The van der Waals surface area contributed by atoms with E-state index in [2.05, 4.69) is 10.6 Å². The number of amides is 4. The van der Waals surface area contributed by atoms with Gasteiger partial charge in [0.05, 0.1) is 18.2 Å². The summed E-state index contributed by atoms with van der Waals surface area (Å²) in [5, 5.41) is 5.38. The van der Waals surface area contributed by atoms with Crippen molar-refractivity contribution in [3.63, 3.8) is 0 Å². The molecule has 2 N–H and O–H groups in total. The second-order valence-electron chi connectivity index (χ2n) is 10.3. The van der Waals surface area contributed by atoms with Gasteiger partial charge in [0.25, 0.3) is 11.8 Å². The molecule has 4 amide bonds. The third-order valence-corrected chi connectivity index (χ3v) is 8.79. The number of ether oxygens (including phenoxy) is 1. The van der Waals surface area contributed by atoms with Gasteiger partial charge in [-0.3, -0.25) is 28.6 Å². The predicted molar refractivity (Wildman–Crippen MR) is 141 cm³/mol. The van der Waals surface area contributed by atoms with Crippen LogP contribution in [0.2, 0.25) is 0 Å². The van der Waals surface area contributed by atoms with Crippen LogP contribution in [0.4, 0.5) is 0 Å². The lowest BCUT2D eigenvalue weighted by Gasteiger charge is -2.28. The Hall–Kier alpha value is -2.71.